The van der Waals surface area contributed by atoms with Gasteiger partial charge in [-0.15, -0.1) is 0 Å². The van der Waals surface area contributed by atoms with Crippen LogP contribution in [0.5, 0.6) is 0 Å². The van der Waals surface area contributed by atoms with Gasteiger partial charge < -0.3 is 4.90 Å². The fraction of sp³-hybridized carbons (Fsp3) is 1.00. The van der Waals surface area contributed by atoms with E-state index in [1.807, 2.05) is 7.05 Å². The molecule has 2 aliphatic rings. The molecule has 2 rings (SSSR count). The van der Waals surface area contributed by atoms with Crippen molar-refractivity contribution in [3.05, 3.63) is 0 Å². The van der Waals surface area contributed by atoms with Crippen LogP contribution in [0.25, 0.3) is 0 Å². The first-order chi connectivity index (χ1) is 8.00. The lowest BCUT2D eigenvalue weighted by molar-refractivity contribution is 0.200. The summed E-state index contributed by atoms with van der Waals surface area (Å²) in [6, 6.07) is 0. The summed E-state index contributed by atoms with van der Waals surface area (Å²) in [6.07, 6.45) is 2.14. The summed E-state index contributed by atoms with van der Waals surface area (Å²) in [5, 5.41) is 0. The molecule has 0 N–H and O–H groups in total. The number of nitrogens with zero attached hydrogens (tertiary/aromatic N) is 3. The van der Waals surface area contributed by atoms with E-state index in [9.17, 15) is 8.42 Å². The molecule has 0 aromatic heterocycles. The Kier molecular flexibility index (Phi) is 4.07. The first kappa shape index (κ1) is 13.3. The Morgan fingerprint density at radius 1 is 1.00 bits per heavy atom. The van der Waals surface area contributed by atoms with Gasteiger partial charge in [-0.05, 0) is 25.8 Å². The molecule has 0 radical (unpaired) electrons. The number of hydrogen-bond acceptors (Lipinski definition) is 3. The van der Waals surface area contributed by atoms with Crippen LogP contribution in [0, 0.1) is 5.92 Å². The molecule has 0 aromatic rings. The lowest BCUT2D eigenvalue weighted by atomic mass is 10.0. The molecule has 2 saturated heterocycles. The minimum absolute atomic E-state index is 0.492. The maximum absolute atomic E-state index is 12.4. The molecule has 0 amide bonds. The summed E-state index contributed by atoms with van der Waals surface area (Å²) >= 11 is 0. The largest absolute Gasteiger partial charge is 0.304 e. The SMILES string of the molecule is CC1CCCN(S(=O)(=O)N2CCN(C)CC2)C1. The number of likely N-dealkylation sites (N-methyl/N-ethyl adjacent to an activating group) is 1. The second-order valence-corrected chi connectivity index (χ2v) is 7.24. The van der Waals surface area contributed by atoms with E-state index in [4.69, 9.17) is 0 Å². The van der Waals surface area contributed by atoms with Gasteiger partial charge in [0.2, 0.25) is 0 Å². The lowest BCUT2D eigenvalue weighted by Gasteiger charge is -2.37. The molecular formula is C11H23N3O2S. The molecule has 0 aliphatic carbocycles. The first-order valence-electron chi connectivity index (χ1n) is 6.44. The molecule has 2 heterocycles. The van der Waals surface area contributed by atoms with Crippen LogP contribution in [-0.2, 0) is 10.2 Å². The molecule has 1 unspecified atom stereocenters. The van der Waals surface area contributed by atoms with Crippen LogP contribution >= 0.6 is 0 Å². The highest BCUT2D eigenvalue weighted by atomic mass is 32.2. The second-order valence-electron chi connectivity index (χ2n) is 5.32. The molecule has 0 saturated carbocycles. The highest BCUT2D eigenvalue weighted by Crippen LogP contribution is 2.21. The van der Waals surface area contributed by atoms with Crippen LogP contribution in [0.3, 0.4) is 0 Å². The Balaban J connectivity index is 2.02. The van der Waals surface area contributed by atoms with Gasteiger partial charge in [0, 0.05) is 39.3 Å². The van der Waals surface area contributed by atoms with Gasteiger partial charge >= 0.3 is 0 Å². The van der Waals surface area contributed by atoms with Crippen molar-refractivity contribution in [2.45, 2.75) is 19.8 Å². The van der Waals surface area contributed by atoms with Crippen molar-refractivity contribution < 1.29 is 8.42 Å². The lowest BCUT2D eigenvalue weighted by Crippen LogP contribution is -2.53. The third-order valence-corrected chi connectivity index (χ3v) is 5.74. The molecule has 2 aliphatic heterocycles. The van der Waals surface area contributed by atoms with Gasteiger partial charge in [0.25, 0.3) is 10.2 Å². The van der Waals surface area contributed by atoms with Gasteiger partial charge in [0.05, 0.1) is 0 Å². The number of piperazine rings is 1. The monoisotopic (exact) mass is 261 g/mol. The molecule has 0 aromatic carbocycles. The molecule has 1 atom stereocenters. The molecule has 17 heavy (non-hydrogen) atoms. The predicted octanol–water partition coefficient (Wildman–Crippen LogP) is 0.211. The second kappa shape index (κ2) is 5.22. The zero-order valence-electron chi connectivity index (χ0n) is 10.8. The van der Waals surface area contributed by atoms with Crippen molar-refractivity contribution in [2.24, 2.45) is 5.92 Å². The van der Waals surface area contributed by atoms with Crippen LogP contribution in [0.15, 0.2) is 0 Å². The van der Waals surface area contributed by atoms with E-state index in [1.54, 1.807) is 8.61 Å². The fourth-order valence-corrected chi connectivity index (χ4v) is 4.29. The van der Waals surface area contributed by atoms with Crippen molar-refractivity contribution in [1.29, 1.82) is 0 Å². The number of piperidine rings is 1. The molecule has 0 bridgehead atoms. The zero-order valence-corrected chi connectivity index (χ0v) is 11.6. The summed E-state index contributed by atoms with van der Waals surface area (Å²) in [6.45, 7) is 6.44. The molecule has 0 spiro atoms. The van der Waals surface area contributed by atoms with Gasteiger partial charge in [0.1, 0.15) is 0 Å². The Morgan fingerprint density at radius 2 is 1.65 bits per heavy atom. The smallest absolute Gasteiger partial charge is 0.282 e. The number of hydrogen-bond donors (Lipinski definition) is 0. The summed E-state index contributed by atoms with van der Waals surface area (Å²) in [5.41, 5.74) is 0. The van der Waals surface area contributed by atoms with Crippen molar-refractivity contribution in [3.8, 4) is 0 Å². The Hall–Kier alpha value is -0.170. The van der Waals surface area contributed by atoms with Crippen LogP contribution < -0.4 is 0 Å². The van der Waals surface area contributed by atoms with Crippen molar-refractivity contribution in [3.63, 3.8) is 0 Å². The average molecular weight is 261 g/mol. The van der Waals surface area contributed by atoms with Crippen molar-refractivity contribution in [2.75, 3.05) is 46.3 Å². The Labute approximate surface area is 105 Å². The average Bonchev–Trinajstić information content (AvgIpc) is 2.29. The third-order valence-electron chi connectivity index (χ3n) is 3.73. The van der Waals surface area contributed by atoms with E-state index < -0.39 is 10.2 Å². The highest BCUT2D eigenvalue weighted by molar-refractivity contribution is 7.86. The number of rotatable bonds is 2. The van der Waals surface area contributed by atoms with Gasteiger partial charge in [-0.3, -0.25) is 0 Å². The van der Waals surface area contributed by atoms with E-state index in [2.05, 4.69) is 11.8 Å². The highest BCUT2D eigenvalue weighted by Gasteiger charge is 2.33. The maximum Gasteiger partial charge on any atom is 0.282 e. The van der Waals surface area contributed by atoms with E-state index in [0.29, 0.717) is 32.1 Å². The van der Waals surface area contributed by atoms with Crippen molar-refractivity contribution in [1.82, 2.24) is 13.5 Å². The van der Waals surface area contributed by atoms with Gasteiger partial charge in [-0.25, -0.2) is 0 Å². The maximum atomic E-state index is 12.4. The summed E-state index contributed by atoms with van der Waals surface area (Å²) in [4.78, 5) is 2.17. The van der Waals surface area contributed by atoms with E-state index in [0.717, 1.165) is 25.9 Å². The Bertz CT molecular complexity index is 350. The molecular weight excluding hydrogens is 238 g/mol. The predicted molar refractivity (Wildman–Crippen MR) is 68.0 cm³/mol. The van der Waals surface area contributed by atoms with E-state index in [1.165, 1.54) is 0 Å². The van der Waals surface area contributed by atoms with E-state index >= 15 is 0 Å². The van der Waals surface area contributed by atoms with Gasteiger partial charge in [0.15, 0.2) is 0 Å². The summed E-state index contributed by atoms with van der Waals surface area (Å²) in [5.74, 6) is 0.492. The minimum atomic E-state index is -3.20. The summed E-state index contributed by atoms with van der Waals surface area (Å²) in [7, 11) is -1.17. The summed E-state index contributed by atoms with van der Waals surface area (Å²) < 4.78 is 28.2. The van der Waals surface area contributed by atoms with Crippen LogP contribution in [-0.4, -0.2) is 68.2 Å². The van der Waals surface area contributed by atoms with Crippen LogP contribution in [0.4, 0.5) is 0 Å². The van der Waals surface area contributed by atoms with Crippen LogP contribution in [0.1, 0.15) is 19.8 Å². The topological polar surface area (TPSA) is 43.9 Å². The quantitative estimate of drug-likeness (QED) is 0.714. The standard InChI is InChI=1S/C11H23N3O2S/c1-11-4-3-5-14(10-11)17(15,16)13-8-6-12(2)7-9-13/h11H,3-10H2,1-2H3. The van der Waals surface area contributed by atoms with Crippen molar-refractivity contribution >= 4 is 10.2 Å². The molecule has 100 valence electrons. The third kappa shape index (κ3) is 2.99. The minimum Gasteiger partial charge on any atom is -0.304 e. The van der Waals surface area contributed by atoms with Gasteiger partial charge in [-0.2, -0.15) is 17.0 Å². The molecule has 2 fully saturated rings. The Morgan fingerprint density at radius 3 is 2.24 bits per heavy atom. The van der Waals surface area contributed by atoms with Crippen LogP contribution in [0.2, 0.25) is 0 Å². The van der Waals surface area contributed by atoms with Gasteiger partial charge in [-0.1, -0.05) is 6.92 Å². The normalized spacial score (nSPS) is 30.6. The van der Waals surface area contributed by atoms with E-state index in [-0.39, 0.29) is 0 Å². The first-order valence-corrected chi connectivity index (χ1v) is 7.83. The molecule has 6 heteroatoms. The zero-order chi connectivity index (χ0) is 12.5. The fourth-order valence-electron chi connectivity index (χ4n) is 2.54. The molecule has 5 nitrogen and oxygen atoms in total.